The summed E-state index contributed by atoms with van der Waals surface area (Å²) in [6.07, 6.45) is 16.9. The van der Waals surface area contributed by atoms with E-state index in [1.807, 2.05) is 18.4 Å². The third-order valence-corrected chi connectivity index (χ3v) is 5.71. The first-order valence-corrected chi connectivity index (χ1v) is 10.6. The number of nitriles is 1. The van der Waals surface area contributed by atoms with Gasteiger partial charge in [0.1, 0.15) is 6.10 Å². The SMILES string of the molecule is CCCCC/C=C/OC(CCC)C1CCC(c2ccc(C#N)cc2)CC1. The summed E-state index contributed by atoms with van der Waals surface area (Å²) in [4.78, 5) is 0. The Kier molecular flexibility index (Phi) is 9.32. The molecule has 0 amide bonds. The van der Waals surface area contributed by atoms with E-state index >= 15 is 0 Å². The second-order valence-electron chi connectivity index (χ2n) is 7.68. The van der Waals surface area contributed by atoms with E-state index in [9.17, 15) is 0 Å². The second kappa shape index (κ2) is 11.8. The van der Waals surface area contributed by atoms with Crippen LogP contribution in [0.1, 0.15) is 95.1 Å². The van der Waals surface area contributed by atoms with Crippen molar-refractivity contribution < 1.29 is 4.74 Å². The van der Waals surface area contributed by atoms with Crippen LogP contribution >= 0.6 is 0 Å². The van der Waals surface area contributed by atoms with Crippen molar-refractivity contribution in [3.05, 3.63) is 47.7 Å². The Balaban J connectivity index is 1.81. The van der Waals surface area contributed by atoms with Crippen molar-refractivity contribution in [2.24, 2.45) is 5.92 Å². The average Bonchev–Trinajstić information content (AvgIpc) is 2.70. The van der Waals surface area contributed by atoms with Crippen molar-refractivity contribution in [2.75, 3.05) is 0 Å². The first-order chi connectivity index (χ1) is 12.8. The highest BCUT2D eigenvalue weighted by molar-refractivity contribution is 5.33. The van der Waals surface area contributed by atoms with Crippen LogP contribution in [0.3, 0.4) is 0 Å². The molecule has 2 heteroatoms. The molecular formula is C24H35NO. The molecule has 1 saturated carbocycles. The second-order valence-corrected chi connectivity index (χ2v) is 7.68. The topological polar surface area (TPSA) is 33.0 Å². The molecule has 0 heterocycles. The Hall–Kier alpha value is -1.75. The molecule has 1 aliphatic rings. The molecule has 1 fully saturated rings. The summed E-state index contributed by atoms with van der Waals surface area (Å²) in [6, 6.07) is 10.4. The summed E-state index contributed by atoms with van der Waals surface area (Å²) in [7, 11) is 0. The third-order valence-electron chi connectivity index (χ3n) is 5.71. The lowest BCUT2D eigenvalue weighted by molar-refractivity contribution is 0.0555. The van der Waals surface area contributed by atoms with Gasteiger partial charge < -0.3 is 4.74 Å². The van der Waals surface area contributed by atoms with Crippen LogP contribution in [0.5, 0.6) is 0 Å². The van der Waals surface area contributed by atoms with Crippen molar-refractivity contribution in [3.63, 3.8) is 0 Å². The third kappa shape index (κ3) is 6.52. The molecule has 26 heavy (non-hydrogen) atoms. The molecule has 0 bridgehead atoms. The van der Waals surface area contributed by atoms with Crippen LogP contribution in [-0.2, 0) is 4.74 Å². The van der Waals surface area contributed by atoms with Crippen LogP contribution in [0.2, 0.25) is 0 Å². The van der Waals surface area contributed by atoms with Crippen molar-refractivity contribution in [1.82, 2.24) is 0 Å². The standard InChI is InChI=1S/C24H35NO/c1-3-5-6-7-8-18-26-24(9-4-2)23-16-14-22(15-17-23)21-12-10-20(19-25)11-13-21/h8,10-13,18,22-24H,3-7,9,14-17H2,1-2H3/b18-8+. The lowest BCUT2D eigenvalue weighted by Crippen LogP contribution is -2.26. The largest absolute Gasteiger partial charge is 0.498 e. The van der Waals surface area contributed by atoms with Crippen LogP contribution in [-0.4, -0.2) is 6.10 Å². The molecule has 0 N–H and O–H groups in total. The number of hydrogen-bond acceptors (Lipinski definition) is 2. The summed E-state index contributed by atoms with van der Waals surface area (Å²) < 4.78 is 6.16. The Morgan fingerprint density at radius 3 is 2.42 bits per heavy atom. The van der Waals surface area contributed by atoms with E-state index in [1.165, 1.54) is 56.9 Å². The van der Waals surface area contributed by atoms with Crippen LogP contribution < -0.4 is 0 Å². The van der Waals surface area contributed by atoms with E-state index in [1.54, 1.807) is 0 Å². The molecule has 1 aromatic carbocycles. The minimum absolute atomic E-state index is 0.379. The van der Waals surface area contributed by atoms with Gasteiger partial charge in [-0.2, -0.15) is 5.26 Å². The van der Waals surface area contributed by atoms with Gasteiger partial charge in [-0.15, -0.1) is 0 Å². The highest BCUT2D eigenvalue weighted by Gasteiger charge is 2.28. The number of rotatable bonds is 10. The summed E-state index contributed by atoms with van der Waals surface area (Å²) in [5.41, 5.74) is 2.15. The maximum atomic E-state index is 8.95. The zero-order valence-electron chi connectivity index (χ0n) is 16.6. The van der Waals surface area contributed by atoms with Gasteiger partial charge in [0.05, 0.1) is 17.9 Å². The van der Waals surface area contributed by atoms with E-state index in [0.717, 1.165) is 18.4 Å². The van der Waals surface area contributed by atoms with Gasteiger partial charge in [-0.1, -0.05) is 45.2 Å². The number of unbranched alkanes of at least 4 members (excludes halogenated alkanes) is 3. The van der Waals surface area contributed by atoms with E-state index in [4.69, 9.17) is 10.00 Å². The molecule has 0 aliphatic heterocycles. The number of benzene rings is 1. The normalized spacial score (nSPS) is 21.4. The molecule has 1 aromatic rings. The molecule has 0 saturated heterocycles. The van der Waals surface area contributed by atoms with Crippen molar-refractivity contribution in [2.45, 2.75) is 90.1 Å². The zero-order chi connectivity index (χ0) is 18.6. The maximum Gasteiger partial charge on any atom is 0.101 e. The number of hydrogen-bond donors (Lipinski definition) is 0. The molecule has 0 spiro atoms. The predicted molar refractivity (Wildman–Crippen MR) is 109 cm³/mol. The van der Waals surface area contributed by atoms with Gasteiger partial charge in [0.15, 0.2) is 0 Å². The fourth-order valence-corrected chi connectivity index (χ4v) is 4.09. The Morgan fingerprint density at radius 2 is 1.81 bits per heavy atom. The summed E-state index contributed by atoms with van der Waals surface area (Å²) in [5.74, 6) is 1.33. The molecular weight excluding hydrogens is 318 g/mol. The quantitative estimate of drug-likeness (QED) is 0.331. The first-order valence-electron chi connectivity index (χ1n) is 10.6. The lowest BCUT2D eigenvalue weighted by atomic mass is 9.76. The van der Waals surface area contributed by atoms with E-state index in [-0.39, 0.29) is 0 Å². The van der Waals surface area contributed by atoms with Gasteiger partial charge in [0.25, 0.3) is 0 Å². The highest BCUT2D eigenvalue weighted by atomic mass is 16.5. The van der Waals surface area contributed by atoms with Gasteiger partial charge in [-0.25, -0.2) is 0 Å². The number of allylic oxidation sites excluding steroid dienone is 1. The number of ether oxygens (including phenoxy) is 1. The van der Waals surface area contributed by atoms with E-state index in [0.29, 0.717) is 17.9 Å². The molecule has 142 valence electrons. The van der Waals surface area contributed by atoms with Crippen LogP contribution in [0.4, 0.5) is 0 Å². The van der Waals surface area contributed by atoms with Crippen LogP contribution in [0, 0.1) is 17.2 Å². The molecule has 1 aliphatic carbocycles. The monoisotopic (exact) mass is 353 g/mol. The Morgan fingerprint density at radius 1 is 1.08 bits per heavy atom. The lowest BCUT2D eigenvalue weighted by Gasteiger charge is -2.33. The smallest absolute Gasteiger partial charge is 0.101 e. The van der Waals surface area contributed by atoms with Gasteiger partial charge in [0.2, 0.25) is 0 Å². The molecule has 1 unspecified atom stereocenters. The summed E-state index contributed by atoms with van der Waals surface area (Å²) >= 11 is 0. The Bertz CT molecular complexity index is 561. The summed E-state index contributed by atoms with van der Waals surface area (Å²) in [5, 5.41) is 8.95. The first kappa shape index (κ1) is 20.6. The van der Waals surface area contributed by atoms with Crippen molar-refractivity contribution >= 4 is 0 Å². The van der Waals surface area contributed by atoms with Crippen molar-refractivity contribution in [3.8, 4) is 6.07 Å². The van der Waals surface area contributed by atoms with Gasteiger partial charge in [-0.05, 0) is 80.6 Å². The van der Waals surface area contributed by atoms with Crippen LogP contribution in [0.15, 0.2) is 36.6 Å². The molecule has 0 aromatic heterocycles. The fourth-order valence-electron chi connectivity index (χ4n) is 4.09. The fraction of sp³-hybridized carbons (Fsp3) is 0.625. The minimum Gasteiger partial charge on any atom is -0.498 e. The van der Waals surface area contributed by atoms with E-state index in [2.05, 4.69) is 38.1 Å². The zero-order valence-corrected chi connectivity index (χ0v) is 16.6. The minimum atomic E-state index is 0.379. The molecule has 2 rings (SSSR count). The van der Waals surface area contributed by atoms with Gasteiger partial charge >= 0.3 is 0 Å². The number of nitrogens with zero attached hydrogens (tertiary/aromatic N) is 1. The van der Waals surface area contributed by atoms with E-state index < -0.39 is 0 Å². The highest BCUT2D eigenvalue weighted by Crippen LogP contribution is 2.38. The van der Waals surface area contributed by atoms with Gasteiger partial charge in [0, 0.05) is 0 Å². The average molecular weight is 354 g/mol. The maximum absolute atomic E-state index is 8.95. The molecule has 2 nitrogen and oxygen atoms in total. The predicted octanol–water partition coefficient (Wildman–Crippen LogP) is 7.11. The molecule has 1 atom stereocenters. The van der Waals surface area contributed by atoms with Gasteiger partial charge in [-0.3, -0.25) is 0 Å². The van der Waals surface area contributed by atoms with Crippen LogP contribution in [0.25, 0.3) is 0 Å². The van der Waals surface area contributed by atoms with Crippen molar-refractivity contribution in [1.29, 1.82) is 5.26 Å². The summed E-state index contributed by atoms with van der Waals surface area (Å²) in [6.45, 7) is 4.50. The Labute approximate surface area is 160 Å². The molecule has 0 radical (unpaired) electrons.